The van der Waals surface area contributed by atoms with Gasteiger partial charge in [0.1, 0.15) is 5.41 Å². The van der Waals surface area contributed by atoms with E-state index < -0.39 is 5.41 Å². The highest BCUT2D eigenvalue weighted by Gasteiger charge is 2.54. The van der Waals surface area contributed by atoms with Crippen molar-refractivity contribution in [2.75, 3.05) is 6.54 Å². The van der Waals surface area contributed by atoms with Crippen LogP contribution in [0.15, 0.2) is 23.9 Å². The SMILES string of the molecule is N/C(=N/O)C1(C(=O)NCCn2ccnc2)CC1. The average Bonchev–Trinajstić information content (AvgIpc) is 3.00. The van der Waals surface area contributed by atoms with Gasteiger partial charge in [0.15, 0.2) is 5.84 Å². The maximum absolute atomic E-state index is 11.8. The van der Waals surface area contributed by atoms with Crippen LogP contribution in [0.4, 0.5) is 0 Å². The fourth-order valence-corrected chi connectivity index (χ4v) is 1.71. The maximum Gasteiger partial charge on any atom is 0.234 e. The van der Waals surface area contributed by atoms with Gasteiger partial charge in [-0.25, -0.2) is 4.98 Å². The lowest BCUT2D eigenvalue weighted by Crippen LogP contribution is -2.41. The Kier molecular flexibility index (Phi) is 2.99. The quantitative estimate of drug-likeness (QED) is 0.278. The van der Waals surface area contributed by atoms with Crippen LogP contribution in [0.3, 0.4) is 0 Å². The molecule has 1 aromatic heterocycles. The monoisotopic (exact) mass is 237 g/mol. The number of oxime groups is 1. The third kappa shape index (κ3) is 2.22. The van der Waals surface area contributed by atoms with Gasteiger partial charge in [-0.2, -0.15) is 0 Å². The zero-order valence-corrected chi connectivity index (χ0v) is 9.33. The van der Waals surface area contributed by atoms with Crippen LogP contribution in [-0.4, -0.2) is 33.0 Å². The minimum absolute atomic E-state index is 0.00219. The Balaban J connectivity index is 1.82. The van der Waals surface area contributed by atoms with E-state index >= 15 is 0 Å². The van der Waals surface area contributed by atoms with Gasteiger partial charge in [-0.15, -0.1) is 0 Å². The van der Waals surface area contributed by atoms with Crippen LogP contribution in [0, 0.1) is 5.41 Å². The smallest absolute Gasteiger partial charge is 0.234 e. The average molecular weight is 237 g/mol. The van der Waals surface area contributed by atoms with E-state index in [-0.39, 0.29) is 11.7 Å². The molecule has 0 bridgehead atoms. The molecule has 17 heavy (non-hydrogen) atoms. The highest BCUT2D eigenvalue weighted by Crippen LogP contribution is 2.45. The van der Waals surface area contributed by atoms with E-state index in [2.05, 4.69) is 15.5 Å². The number of aromatic nitrogens is 2. The molecule has 0 unspecified atom stereocenters. The van der Waals surface area contributed by atoms with Gasteiger partial charge in [-0.05, 0) is 12.8 Å². The summed E-state index contributed by atoms with van der Waals surface area (Å²) < 4.78 is 1.86. The zero-order chi connectivity index (χ0) is 12.3. The van der Waals surface area contributed by atoms with E-state index in [1.807, 2.05) is 10.8 Å². The summed E-state index contributed by atoms with van der Waals surface area (Å²) in [6.45, 7) is 1.15. The Morgan fingerprint density at radius 1 is 1.65 bits per heavy atom. The third-order valence-electron chi connectivity index (χ3n) is 3.00. The molecule has 4 N–H and O–H groups in total. The van der Waals surface area contributed by atoms with E-state index in [4.69, 9.17) is 10.9 Å². The third-order valence-corrected chi connectivity index (χ3v) is 3.00. The molecular weight excluding hydrogens is 222 g/mol. The van der Waals surface area contributed by atoms with E-state index in [9.17, 15) is 4.79 Å². The Labute approximate surface area is 98.3 Å². The van der Waals surface area contributed by atoms with E-state index in [0.717, 1.165) is 0 Å². The van der Waals surface area contributed by atoms with Crippen LogP contribution in [0.1, 0.15) is 12.8 Å². The number of nitrogens with two attached hydrogens (primary N) is 1. The molecule has 7 heteroatoms. The van der Waals surface area contributed by atoms with Crippen molar-refractivity contribution >= 4 is 11.7 Å². The molecule has 0 radical (unpaired) electrons. The van der Waals surface area contributed by atoms with Crippen molar-refractivity contribution in [3.05, 3.63) is 18.7 Å². The Bertz CT molecular complexity index is 422. The van der Waals surface area contributed by atoms with Crippen molar-refractivity contribution in [2.24, 2.45) is 16.3 Å². The molecule has 0 aromatic carbocycles. The van der Waals surface area contributed by atoms with Crippen LogP contribution in [0.2, 0.25) is 0 Å². The van der Waals surface area contributed by atoms with Crippen molar-refractivity contribution in [1.29, 1.82) is 0 Å². The summed E-state index contributed by atoms with van der Waals surface area (Å²) in [5.41, 5.74) is 4.73. The highest BCUT2D eigenvalue weighted by atomic mass is 16.4. The maximum atomic E-state index is 11.8. The van der Waals surface area contributed by atoms with Crippen LogP contribution in [0.25, 0.3) is 0 Å². The lowest BCUT2D eigenvalue weighted by molar-refractivity contribution is -0.124. The van der Waals surface area contributed by atoms with E-state index in [1.54, 1.807) is 12.5 Å². The molecule has 1 aromatic rings. The summed E-state index contributed by atoms with van der Waals surface area (Å²) in [7, 11) is 0. The Hall–Kier alpha value is -2.05. The first kappa shape index (κ1) is 11.4. The van der Waals surface area contributed by atoms with Crippen molar-refractivity contribution in [3.63, 3.8) is 0 Å². The van der Waals surface area contributed by atoms with Gasteiger partial charge in [-0.3, -0.25) is 4.79 Å². The number of imidazole rings is 1. The molecule has 0 aliphatic heterocycles. The number of carbonyl (C=O) groups is 1. The largest absolute Gasteiger partial charge is 0.409 e. The van der Waals surface area contributed by atoms with Crippen LogP contribution < -0.4 is 11.1 Å². The van der Waals surface area contributed by atoms with Crippen LogP contribution >= 0.6 is 0 Å². The summed E-state index contributed by atoms with van der Waals surface area (Å²) in [6, 6.07) is 0. The number of nitrogens with zero attached hydrogens (tertiary/aromatic N) is 3. The van der Waals surface area contributed by atoms with Gasteiger partial charge in [0, 0.05) is 25.5 Å². The lowest BCUT2D eigenvalue weighted by Gasteiger charge is -2.13. The summed E-state index contributed by atoms with van der Waals surface area (Å²) in [5.74, 6) is -0.175. The number of rotatable bonds is 5. The molecule has 1 amide bonds. The summed E-state index contributed by atoms with van der Waals surface area (Å²) in [5, 5.41) is 14.3. The predicted octanol–water partition coefficient (Wildman–Crippen LogP) is -0.474. The lowest BCUT2D eigenvalue weighted by atomic mass is 10.1. The first-order chi connectivity index (χ1) is 8.19. The second-order valence-electron chi connectivity index (χ2n) is 4.12. The van der Waals surface area contributed by atoms with Gasteiger partial charge in [0.2, 0.25) is 5.91 Å². The number of carbonyl (C=O) groups excluding carboxylic acids is 1. The van der Waals surface area contributed by atoms with E-state index in [1.165, 1.54) is 0 Å². The molecule has 1 fully saturated rings. The molecule has 1 aliphatic rings. The number of hydrogen-bond acceptors (Lipinski definition) is 4. The first-order valence-electron chi connectivity index (χ1n) is 5.41. The number of hydrogen-bond donors (Lipinski definition) is 3. The fourth-order valence-electron chi connectivity index (χ4n) is 1.71. The Morgan fingerprint density at radius 3 is 2.94 bits per heavy atom. The van der Waals surface area contributed by atoms with Gasteiger partial charge in [0.05, 0.1) is 6.33 Å². The van der Waals surface area contributed by atoms with Gasteiger partial charge >= 0.3 is 0 Å². The summed E-state index contributed by atoms with van der Waals surface area (Å²) in [6.07, 6.45) is 6.46. The number of nitrogens with one attached hydrogen (secondary N) is 1. The van der Waals surface area contributed by atoms with Crippen molar-refractivity contribution in [1.82, 2.24) is 14.9 Å². The van der Waals surface area contributed by atoms with Crippen molar-refractivity contribution < 1.29 is 10.0 Å². The molecule has 92 valence electrons. The summed E-state index contributed by atoms with van der Waals surface area (Å²) >= 11 is 0. The molecule has 0 saturated heterocycles. The predicted molar refractivity (Wildman–Crippen MR) is 60.3 cm³/mol. The van der Waals surface area contributed by atoms with Crippen molar-refractivity contribution in [2.45, 2.75) is 19.4 Å². The molecular formula is C10H15N5O2. The molecule has 7 nitrogen and oxygen atoms in total. The molecule has 1 saturated carbocycles. The van der Waals surface area contributed by atoms with E-state index in [0.29, 0.717) is 25.9 Å². The topological polar surface area (TPSA) is 106 Å². The van der Waals surface area contributed by atoms with Gasteiger partial charge in [-0.1, -0.05) is 5.16 Å². The molecule has 1 heterocycles. The van der Waals surface area contributed by atoms with Crippen LogP contribution in [-0.2, 0) is 11.3 Å². The molecule has 0 spiro atoms. The molecule has 1 aliphatic carbocycles. The minimum atomic E-state index is -0.774. The number of amidine groups is 1. The van der Waals surface area contributed by atoms with Crippen LogP contribution in [0.5, 0.6) is 0 Å². The normalized spacial score (nSPS) is 17.8. The first-order valence-corrected chi connectivity index (χ1v) is 5.41. The van der Waals surface area contributed by atoms with Crippen molar-refractivity contribution in [3.8, 4) is 0 Å². The zero-order valence-electron chi connectivity index (χ0n) is 9.33. The molecule has 2 rings (SSSR count). The second-order valence-corrected chi connectivity index (χ2v) is 4.12. The second kappa shape index (κ2) is 4.44. The standard InChI is InChI=1S/C10H15N5O2/c11-8(14-17)10(1-2-10)9(16)13-4-6-15-5-3-12-7-15/h3,5,7,17H,1-2,4,6H2,(H2,11,14)(H,13,16). The van der Waals surface area contributed by atoms with Gasteiger partial charge in [0.25, 0.3) is 0 Å². The fraction of sp³-hybridized carbons (Fsp3) is 0.500. The summed E-state index contributed by atoms with van der Waals surface area (Å²) in [4.78, 5) is 15.7. The number of amides is 1. The highest BCUT2D eigenvalue weighted by molar-refractivity contribution is 6.09. The Morgan fingerprint density at radius 2 is 2.41 bits per heavy atom. The minimum Gasteiger partial charge on any atom is -0.409 e. The molecule has 0 atom stereocenters. The van der Waals surface area contributed by atoms with Gasteiger partial charge < -0.3 is 20.8 Å².